The summed E-state index contributed by atoms with van der Waals surface area (Å²) in [5.41, 5.74) is 7.55. The molecule has 8 heteroatoms. The first-order valence-electron chi connectivity index (χ1n) is 5.76. The standard InChI is InChI=1S/C13H12ClN3O2S2/c14-12-7-9(3-6-11(12)13(15)20)17-8-1-4-10(5-2-8)21(16,18)19/h1-7,17H,(H2,15,20)(H2,16,18,19). The van der Waals surface area contributed by atoms with Crippen molar-refractivity contribution in [2.45, 2.75) is 4.90 Å². The zero-order valence-corrected chi connectivity index (χ0v) is 13.1. The molecule has 0 saturated carbocycles. The molecule has 2 aromatic rings. The number of thiocarbonyl (C=S) groups is 1. The van der Waals surface area contributed by atoms with Gasteiger partial charge in [0.15, 0.2) is 0 Å². The van der Waals surface area contributed by atoms with Gasteiger partial charge < -0.3 is 11.1 Å². The van der Waals surface area contributed by atoms with Crippen LogP contribution < -0.4 is 16.2 Å². The molecule has 5 N–H and O–H groups in total. The molecule has 5 nitrogen and oxygen atoms in total. The van der Waals surface area contributed by atoms with Gasteiger partial charge in [-0.25, -0.2) is 13.6 Å². The van der Waals surface area contributed by atoms with E-state index in [1.165, 1.54) is 12.1 Å². The van der Waals surface area contributed by atoms with Crippen molar-refractivity contribution in [3.05, 3.63) is 53.1 Å². The Morgan fingerprint density at radius 3 is 2.14 bits per heavy atom. The van der Waals surface area contributed by atoms with Crippen LogP contribution in [0.3, 0.4) is 0 Å². The number of nitrogens with two attached hydrogens (primary N) is 2. The zero-order chi connectivity index (χ0) is 15.6. The summed E-state index contributed by atoms with van der Waals surface area (Å²) in [6, 6.07) is 11.2. The molecule has 0 saturated heterocycles. The van der Waals surface area contributed by atoms with Crippen LogP contribution in [0.5, 0.6) is 0 Å². The Labute approximate surface area is 133 Å². The highest BCUT2D eigenvalue weighted by Gasteiger charge is 2.08. The van der Waals surface area contributed by atoms with Gasteiger partial charge in [-0.05, 0) is 42.5 Å². The van der Waals surface area contributed by atoms with Crippen molar-refractivity contribution in [1.29, 1.82) is 0 Å². The van der Waals surface area contributed by atoms with Gasteiger partial charge in [0.25, 0.3) is 0 Å². The van der Waals surface area contributed by atoms with E-state index < -0.39 is 10.0 Å². The van der Waals surface area contributed by atoms with Crippen molar-refractivity contribution >= 4 is 50.2 Å². The van der Waals surface area contributed by atoms with Gasteiger partial charge in [-0.2, -0.15) is 0 Å². The van der Waals surface area contributed by atoms with Crippen LogP contribution in [-0.2, 0) is 10.0 Å². The van der Waals surface area contributed by atoms with Crippen LogP contribution in [0.25, 0.3) is 0 Å². The van der Waals surface area contributed by atoms with Crippen molar-refractivity contribution in [3.63, 3.8) is 0 Å². The maximum atomic E-state index is 11.2. The van der Waals surface area contributed by atoms with E-state index in [4.69, 9.17) is 34.7 Å². The summed E-state index contributed by atoms with van der Waals surface area (Å²) in [4.78, 5) is 0.277. The Bertz CT molecular complexity index is 790. The fourth-order valence-electron chi connectivity index (χ4n) is 1.69. The first-order valence-corrected chi connectivity index (χ1v) is 8.10. The zero-order valence-electron chi connectivity index (χ0n) is 10.7. The number of sulfonamides is 1. The lowest BCUT2D eigenvalue weighted by Crippen LogP contribution is -2.11. The minimum atomic E-state index is -3.69. The maximum absolute atomic E-state index is 11.2. The molecular weight excluding hydrogens is 330 g/mol. The second-order valence-electron chi connectivity index (χ2n) is 4.25. The molecule has 0 heterocycles. The number of rotatable bonds is 4. The SMILES string of the molecule is NC(=S)c1ccc(Nc2ccc(S(N)(=O)=O)cc2)cc1Cl. The molecule has 0 fully saturated rings. The first kappa shape index (κ1) is 15.7. The highest BCUT2D eigenvalue weighted by atomic mass is 35.5. The quantitative estimate of drug-likeness (QED) is 0.741. The highest BCUT2D eigenvalue weighted by molar-refractivity contribution is 7.89. The molecule has 0 aromatic heterocycles. The van der Waals surface area contributed by atoms with E-state index in [0.717, 1.165) is 5.69 Å². The third-order valence-electron chi connectivity index (χ3n) is 2.71. The lowest BCUT2D eigenvalue weighted by molar-refractivity contribution is 0.598. The first-order chi connectivity index (χ1) is 9.77. The molecule has 0 radical (unpaired) electrons. The number of primary sulfonamides is 1. The number of nitrogens with one attached hydrogen (secondary N) is 1. The van der Waals surface area contributed by atoms with Crippen LogP contribution in [0.15, 0.2) is 47.4 Å². The predicted molar refractivity (Wildman–Crippen MR) is 88.4 cm³/mol. The monoisotopic (exact) mass is 341 g/mol. The summed E-state index contributed by atoms with van der Waals surface area (Å²) in [7, 11) is -3.69. The number of hydrogen-bond donors (Lipinski definition) is 3. The average molecular weight is 342 g/mol. The fraction of sp³-hybridized carbons (Fsp3) is 0. The Balaban J connectivity index is 2.23. The topological polar surface area (TPSA) is 98.2 Å². The second-order valence-corrected chi connectivity index (χ2v) is 6.66. The summed E-state index contributed by atoms with van der Waals surface area (Å²) < 4.78 is 22.3. The fourth-order valence-corrected chi connectivity index (χ4v) is 2.72. The molecule has 0 bridgehead atoms. The molecule has 0 aliphatic heterocycles. The summed E-state index contributed by atoms with van der Waals surface area (Å²) in [5, 5.41) is 8.56. The smallest absolute Gasteiger partial charge is 0.238 e. The lowest BCUT2D eigenvalue weighted by Gasteiger charge is -2.09. The largest absolute Gasteiger partial charge is 0.389 e. The summed E-state index contributed by atoms with van der Waals surface area (Å²) in [6.45, 7) is 0. The molecule has 2 aromatic carbocycles. The summed E-state index contributed by atoms with van der Waals surface area (Å²) in [6.07, 6.45) is 0. The molecule has 0 aliphatic carbocycles. The van der Waals surface area contributed by atoms with Gasteiger partial charge in [0.05, 0.1) is 9.92 Å². The van der Waals surface area contributed by atoms with Gasteiger partial charge >= 0.3 is 0 Å². The van der Waals surface area contributed by atoms with Crippen molar-refractivity contribution in [2.24, 2.45) is 10.9 Å². The second kappa shape index (κ2) is 5.98. The van der Waals surface area contributed by atoms with Crippen LogP contribution in [-0.4, -0.2) is 13.4 Å². The van der Waals surface area contributed by atoms with Gasteiger partial charge in [0.1, 0.15) is 4.99 Å². The number of anilines is 2. The summed E-state index contributed by atoms with van der Waals surface area (Å²) in [5.74, 6) is 0. The van der Waals surface area contributed by atoms with Crippen molar-refractivity contribution < 1.29 is 8.42 Å². The molecular formula is C13H12ClN3O2S2. The van der Waals surface area contributed by atoms with E-state index in [-0.39, 0.29) is 9.88 Å². The minimum absolute atomic E-state index is 0.0508. The molecule has 0 spiro atoms. The third-order valence-corrected chi connectivity index (χ3v) is 4.17. The third kappa shape index (κ3) is 3.92. The molecule has 0 atom stereocenters. The predicted octanol–water partition coefficient (Wildman–Crippen LogP) is 2.37. The Kier molecular flexibility index (Phi) is 4.48. The lowest BCUT2D eigenvalue weighted by atomic mass is 10.2. The Morgan fingerprint density at radius 1 is 1.10 bits per heavy atom. The van der Waals surface area contributed by atoms with Gasteiger partial charge in [-0.3, -0.25) is 0 Å². The Hall–Kier alpha value is -1.67. The van der Waals surface area contributed by atoms with E-state index in [1.54, 1.807) is 30.3 Å². The van der Waals surface area contributed by atoms with Crippen molar-refractivity contribution in [3.8, 4) is 0 Å². The van der Waals surface area contributed by atoms with E-state index in [1.807, 2.05) is 0 Å². The maximum Gasteiger partial charge on any atom is 0.238 e. The normalized spacial score (nSPS) is 11.1. The Morgan fingerprint density at radius 2 is 1.67 bits per heavy atom. The number of benzene rings is 2. The van der Waals surface area contributed by atoms with E-state index in [9.17, 15) is 8.42 Å². The molecule has 0 unspecified atom stereocenters. The molecule has 110 valence electrons. The van der Waals surface area contributed by atoms with Crippen LogP contribution in [0.4, 0.5) is 11.4 Å². The van der Waals surface area contributed by atoms with Gasteiger partial charge in [0.2, 0.25) is 10.0 Å². The van der Waals surface area contributed by atoms with Crippen LogP contribution >= 0.6 is 23.8 Å². The van der Waals surface area contributed by atoms with E-state index in [0.29, 0.717) is 16.3 Å². The summed E-state index contributed by atoms with van der Waals surface area (Å²) >= 11 is 10.9. The van der Waals surface area contributed by atoms with E-state index in [2.05, 4.69) is 5.32 Å². The van der Waals surface area contributed by atoms with Crippen molar-refractivity contribution in [2.75, 3.05) is 5.32 Å². The minimum Gasteiger partial charge on any atom is -0.389 e. The van der Waals surface area contributed by atoms with Crippen LogP contribution in [0, 0.1) is 0 Å². The number of halogens is 1. The van der Waals surface area contributed by atoms with E-state index >= 15 is 0 Å². The molecule has 2 rings (SSSR count). The number of hydrogen-bond acceptors (Lipinski definition) is 4. The van der Waals surface area contributed by atoms with Gasteiger partial charge in [0, 0.05) is 16.9 Å². The molecule has 21 heavy (non-hydrogen) atoms. The molecule has 0 amide bonds. The highest BCUT2D eigenvalue weighted by Crippen LogP contribution is 2.24. The molecule has 0 aliphatic rings. The van der Waals surface area contributed by atoms with Crippen molar-refractivity contribution in [1.82, 2.24) is 0 Å². The average Bonchev–Trinajstić information content (AvgIpc) is 2.38. The van der Waals surface area contributed by atoms with Gasteiger partial charge in [-0.1, -0.05) is 23.8 Å². The van der Waals surface area contributed by atoms with Crippen LogP contribution in [0.2, 0.25) is 5.02 Å². The van der Waals surface area contributed by atoms with Crippen LogP contribution in [0.1, 0.15) is 5.56 Å². The van der Waals surface area contributed by atoms with Gasteiger partial charge in [-0.15, -0.1) is 0 Å².